The highest BCUT2D eigenvalue weighted by molar-refractivity contribution is 6.00. The van der Waals surface area contributed by atoms with Crippen LogP contribution in [-0.4, -0.2) is 17.2 Å². The molecule has 1 aliphatic carbocycles. The predicted molar refractivity (Wildman–Crippen MR) is 78.3 cm³/mol. The Morgan fingerprint density at radius 2 is 2.05 bits per heavy atom. The molecular formula is C17H16O3. The molecule has 1 N–H and O–H groups in total. The van der Waals surface area contributed by atoms with Crippen LogP contribution < -0.4 is 4.74 Å². The fraction of sp³-hybridized carbons (Fsp3) is 0.235. The zero-order chi connectivity index (χ0) is 13.9. The lowest BCUT2D eigenvalue weighted by Crippen LogP contribution is -2.17. The Morgan fingerprint density at radius 3 is 2.80 bits per heavy atom. The molecule has 2 aromatic carbocycles. The summed E-state index contributed by atoms with van der Waals surface area (Å²) in [6.45, 7) is 0. The summed E-state index contributed by atoms with van der Waals surface area (Å²) in [7, 11) is 0. The molecule has 0 saturated heterocycles. The number of carbonyl (C=O) groups is 1. The van der Waals surface area contributed by atoms with E-state index in [4.69, 9.17) is 4.74 Å². The van der Waals surface area contributed by atoms with Crippen molar-refractivity contribution in [3.63, 3.8) is 0 Å². The van der Waals surface area contributed by atoms with E-state index in [1.807, 2.05) is 36.4 Å². The van der Waals surface area contributed by atoms with E-state index in [1.165, 1.54) is 0 Å². The number of allylic oxidation sites excluding steroid dienone is 1. The van der Waals surface area contributed by atoms with Gasteiger partial charge in [0.1, 0.15) is 17.4 Å². The first-order valence-electron chi connectivity index (χ1n) is 6.84. The van der Waals surface area contributed by atoms with Gasteiger partial charge in [0, 0.05) is 5.39 Å². The Labute approximate surface area is 117 Å². The van der Waals surface area contributed by atoms with Crippen LogP contribution in [0.3, 0.4) is 0 Å². The lowest BCUT2D eigenvalue weighted by atomic mass is 10.0. The van der Waals surface area contributed by atoms with Gasteiger partial charge in [-0.3, -0.25) is 0 Å². The van der Waals surface area contributed by atoms with Crippen LogP contribution in [0.25, 0.3) is 10.8 Å². The van der Waals surface area contributed by atoms with E-state index in [-0.39, 0.29) is 11.7 Å². The van der Waals surface area contributed by atoms with Crippen molar-refractivity contribution >= 4 is 16.7 Å². The normalized spacial score (nSPS) is 18.1. The summed E-state index contributed by atoms with van der Waals surface area (Å²) in [5.74, 6) is -0.474. The van der Waals surface area contributed by atoms with Gasteiger partial charge in [0.2, 0.25) is 0 Å². The quantitative estimate of drug-likeness (QED) is 0.855. The summed E-state index contributed by atoms with van der Waals surface area (Å²) in [6.07, 6.45) is 7.16. The summed E-state index contributed by atoms with van der Waals surface area (Å²) in [5.41, 5.74) is 0.225. The lowest BCUT2D eigenvalue weighted by molar-refractivity contribution is 0.0690. The van der Waals surface area contributed by atoms with Crippen LogP contribution in [0.4, 0.5) is 0 Å². The SMILES string of the molecule is O=C(O)c1ccc2ccccc2c1OC1C=CCCC1. The molecule has 0 spiro atoms. The van der Waals surface area contributed by atoms with Crippen molar-refractivity contribution in [2.24, 2.45) is 0 Å². The van der Waals surface area contributed by atoms with Gasteiger partial charge < -0.3 is 9.84 Å². The third-order valence-electron chi connectivity index (χ3n) is 3.59. The average molecular weight is 268 g/mol. The third-order valence-corrected chi connectivity index (χ3v) is 3.59. The minimum atomic E-state index is -0.953. The molecule has 0 aromatic heterocycles. The monoisotopic (exact) mass is 268 g/mol. The number of hydrogen-bond donors (Lipinski definition) is 1. The largest absolute Gasteiger partial charge is 0.485 e. The molecule has 3 nitrogen and oxygen atoms in total. The maximum Gasteiger partial charge on any atom is 0.339 e. The van der Waals surface area contributed by atoms with E-state index in [0.29, 0.717) is 5.75 Å². The summed E-state index contributed by atoms with van der Waals surface area (Å²) in [4.78, 5) is 11.4. The molecule has 2 aromatic rings. The molecular weight excluding hydrogens is 252 g/mol. The molecule has 0 heterocycles. The summed E-state index contributed by atoms with van der Waals surface area (Å²) in [5, 5.41) is 11.2. The number of ether oxygens (including phenoxy) is 1. The first-order chi connectivity index (χ1) is 9.75. The van der Waals surface area contributed by atoms with Crippen LogP contribution in [0, 0.1) is 0 Å². The fourth-order valence-electron chi connectivity index (χ4n) is 2.57. The second-order valence-corrected chi connectivity index (χ2v) is 4.98. The lowest BCUT2D eigenvalue weighted by Gasteiger charge is -2.21. The maximum atomic E-state index is 11.4. The smallest absolute Gasteiger partial charge is 0.339 e. The number of benzene rings is 2. The van der Waals surface area contributed by atoms with Crippen LogP contribution in [0.5, 0.6) is 5.75 Å². The zero-order valence-corrected chi connectivity index (χ0v) is 11.1. The number of carboxylic acids is 1. The molecule has 0 fully saturated rings. The Kier molecular flexibility index (Phi) is 3.42. The second kappa shape index (κ2) is 5.37. The Morgan fingerprint density at radius 1 is 1.20 bits per heavy atom. The molecule has 0 aliphatic heterocycles. The van der Waals surface area contributed by atoms with Crippen LogP contribution in [0.1, 0.15) is 29.6 Å². The number of fused-ring (bicyclic) bond motifs is 1. The van der Waals surface area contributed by atoms with Crippen LogP contribution in [0.2, 0.25) is 0 Å². The van der Waals surface area contributed by atoms with Crippen molar-refractivity contribution in [2.75, 3.05) is 0 Å². The zero-order valence-electron chi connectivity index (χ0n) is 11.1. The molecule has 3 heteroatoms. The van der Waals surface area contributed by atoms with Crippen molar-refractivity contribution in [2.45, 2.75) is 25.4 Å². The number of hydrogen-bond acceptors (Lipinski definition) is 2. The first-order valence-corrected chi connectivity index (χ1v) is 6.84. The molecule has 1 aliphatic rings. The van der Waals surface area contributed by atoms with Crippen molar-refractivity contribution in [1.82, 2.24) is 0 Å². The van der Waals surface area contributed by atoms with Gasteiger partial charge in [-0.15, -0.1) is 0 Å². The third kappa shape index (κ3) is 2.39. The van der Waals surface area contributed by atoms with Gasteiger partial charge in [0.05, 0.1) is 0 Å². The van der Waals surface area contributed by atoms with Crippen LogP contribution in [0.15, 0.2) is 48.6 Å². The number of aromatic carboxylic acids is 1. The minimum absolute atomic E-state index is 0.0346. The summed E-state index contributed by atoms with van der Waals surface area (Å²) < 4.78 is 5.99. The fourth-order valence-corrected chi connectivity index (χ4v) is 2.57. The number of rotatable bonds is 3. The van der Waals surface area contributed by atoms with Crippen molar-refractivity contribution in [3.05, 3.63) is 54.1 Å². The molecule has 0 saturated carbocycles. The van der Waals surface area contributed by atoms with E-state index in [9.17, 15) is 9.90 Å². The van der Waals surface area contributed by atoms with E-state index in [0.717, 1.165) is 30.0 Å². The van der Waals surface area contributed by atoms with Crippen LogP contribution in [-0.2, 0) is 0 Å². The van der Waals surface area contributed by atoms with E-state index < -0.39 is 5.97 Å². The molecule has 102 valence electrons. The second-order valence-electron chi connectivity index (χ2n) is 4.98. The molecule has 1 unspecified atom stereocenters. The van der Waals surface area contributed by atoms with Gasteiger partial charge >= 0.3 is 5.97 Å². The molecule has 1 atom stereocenters. The van der Waals surface area contributed by atoms with Gasteiger partial charge in [0.15, 0.2) is 0 Å². The molecule has 0 bridgehead atoms. The standard InChI is InChI=1S/C17H16O3/c18-17(19)15-11-10-12-6-4-5-9-14(12)16(15)20-13-7-2-1-3-8-13/h2,4-7,9-11,13H,1,3,8H2,(H,18,19). The van der Waals surface area contributed by atoms with E-state index >= 15 is 0 Å². The van der Waals surface area contributed by atoms with Gasteiger partial charge in [-0.05, 0) is 36.8 Å². The van der Waals surface area contributed by atoms with Gasteiger partial charge in [0.25, 0.3) is 0 Å². The van der Waals surface area contributed by atoms with Crippen molar-refractivity contribution in [1.29, 1.82) is 0 Å². The van der Waals surface area contributed by atoms with Crippen molar-refractivity contribution < 1.29 is 14.6 Å². The number of carboxylic acid groups (broad SMARTS) is 1. The average Bonchev–Trinajstić information content (AvgIpc) is 2.48. The highest BCUT2D eigenvalue weighted by Crippen LogP contribution is 2.32. The molecule has 3 rings (SSSR count). The maximum absolute atomic E-state index is 11.4. The topological polar surface area (TPSA) is 46.5 Å². The minimum Gasteiger partial charge on any atom is -0.485 e. The predicted octanol–water partition coefficient (Wildman–Crippen LogP) is 4.03. The van der Waals surface area contributed by atoms with E-state index in [1.54, 1.807) is 6.07 Å². The first kappa shape index (κ1) is 12.7. The van der Waals surface area contributed by atoms with Crippen LogP contribution >= 0.6 is 0 Å². The van der Waals surface area contributed by atoms with Crippen molar-refractivity contribution in [3.8, 4) is 5.75 Å². The molecule has 0 amide bonds. The highest BCUT2D eigenvalue weighted by Gasteiger charge is 2.18. The summed E-state index contributed by atoms with van der Waals surface area (Å²) in [6, 6.07) is 11.1. The summed E-state index contributed by atoms with van der Waals surface area (Å²) >= 11 is 0. The highest BCUT2D eigenvalue weighted by atomic mass is 16.5. The van der Waals surface area contributed by atoms with Gasteiger partial charge in [-0.1, -0.05) is 36.4 Å². The van der Waals surface area contributed by atoms with E-state index in [2.05, 4.69) is 6.08 Å². The Hall–Kier alpha value is -2.29. The van der Waals surface area contributed by atoms with Gasteiger partial charge in [-0.2, -0.15) is 0 Å². The Balaban J connectivity index is 2.09. The van der Waals surface area contributed by atoms with Gasteiger partial charge in [-0.25, -0.2) is 4.79 Å². The Bertz CT molecular complexity index is 673. The molecule has 0 radical (unpaired) electrons. The molecule has 20 heavy (non-hydrogen) atoms.